The molecule has 7 nitrogen and oxygen atoms in total. The van der Waals surface area contributed by atoms with Crippen LogP contribution in [0.1, 0.15) is 32.8 Å². The highest BCUT2D eigenvalue weighted by Gasteiger charge is 2.21. The summed E-state index contributed by atoms with van der Waals surface area (Å²) in [5.41, 5.74) is 3.28. The zero-order chi connectivity index (χ0) is 22.2. The van der Waals surface area contributed by atoms with Crippen LogP contribution in [0.25, 0.3) is 11.3 Å². The molecule has 1 aromatic carbocycles. The van der Waals surface area contributed by atoms with Crippen LogP contribution < -0.4 is 10.6 Å². The molecule has 168 valence electrons. The van der Waals surface area contributed by atoms with E-state index in [0.717, 1.165) is 50.3 Å². The number of piperazine rings is 1. The summed E-state index contributed by atoms with van der Waals surface area (Å²) in [7, 11) is 0. The van der Waals surface area contributed by atoms with Crippen molar-refractivity contribution in [1.29, 1.82) is 0 Å². The van der Waals surface area contributed by atoms with Crippen molar-refractivity contribution in [3.63, 3.8) is 0 Å². The number of nitrogens with zero attached hydrogens (tertiary/aromatic N) is 3. The van der Waals surface area contributed by atoms with Crippen LogP contribution in [-0.2, 0) is 16.0 Å². The molecule has 0 atom stereocenters. The Morgan fingerprint density at radius 1 is 1.03 bits per heavy atom. The lowest BCUT2D eigenvalue weighted by atomic mass is 10.1. The molecule has 1 aromatic heterocycles. The largest absolute Gasteiger partial charge is 0.353 e. The molecule has 8 heteroatoms. The molecule has 2 N–H and O–H groups in total. The van der Waals surface area contributed by atoms with E-state index in [9.17, 15) is 9.59 Å². The van der Waals surface area contributed by atoms with E-state index in [1.54, 1.807) is 0 Å². The number of rotatable bonds is 9. The standard InChI is InChI=1S/C23H33N5O2S/c1-4-5-18-6-8-19(9-7-18)20-16-31-23(25-20)26-22(30)15-28-12-10-27(11-13-28)14-21(29)24-17(2)3/h6-9,16-17H,4-5,10-15H2,1-3H3,(H,24,29)(H,25,26,30). The fourth-order valence-electron chi connectivity index (χ4n) is 3.63. The molecule has 1 saturated heterocycles. The molecule has 0 saturated carbocycles. The summed E-state index contributed by atoms with van der Waals surface area (Å²) in [5.74, 6) is 0.00552. The molecule has 0 bridgehead atoms. The van der Waals surface area contributed by atoms with E-state index in [1.807, 2.05) is 19.2 Å². The minimum absolute atomic E-state index is 0.0507. The monoisotopic (exact) mass is 443 g/mol. The average molecular weight is 444 g/mol. The first-order chi connectivity index (χ1) is 14.9. The lowest BCUT2D eigenvalue weighted by Gasteiger charge is -2.33. The van der Waals surface area contributed by atoms with Gasteiger partial charge in [-0.3, -0.25) is 19.4 Å². The number of amides is 2. The summed E-state index contributed by atoms with van der Waals surface area (Å²) in [4.78, 5) is 33.2. The van der Waals surface area contributed by atoms with Gasteiger partial charge in [0.15, 0.2) is 5.13 Å². The van der Waals surface area contributed by atoms with Crippen LogP contribution in [0.15, 0.2) is 29.6 Å². The van der Waals surface area contributed by atoms with Gasteiger partial charge in [-0.15, -0.1) is 11.3 Å². The van der Waals surface area contributed by atoms with Gasteiger partial charge in [0.25, 0.3) is 0 Å². The van der Waals surface area contributed by atoms with E-state index in [2.05, 4.69) is 56.6 Å². The fraction of sp³-hybridized carbons (Fsp3) is 0.522. The highest BCUT2D eigenvalue weighted by Crippen LogP contribution is 2.25. The zero-order valence-corrected chi connectivity index (χ0v) is 19.5. The highest BCUT2D eigenvalue weighted by molar-refractivity contribution is 7.14. The normalized spacial score (nSPS) is 15.2. The first kappa shape index (κ1) is 23.4. The lowest BCUT2D eigenvalue weighted by molar-refractivity contribution is -0.124. The van der Waals surface area contributed by atoms with Gasteiger partial charge in [-0.1, -0.05) is 37.6 Å². The van der Waals surface area contributed by atoms with Crippen molar-refractivity contribution < 1.29 is 9.59 Å². The predicted molar refractivity (Wildman–Crippen MR) is 126 cm³/mol. The van der Waals surface area contributed by atoms with Crippen LogP contribution >= 0.6 is 11.3 Å². The number of thiazole rings is 1. The maximum Gasteiger partial charge on any atom is 0.240 e. The molecule has 3 rings (SSSR count). The molecule has 1 aliphatic heterocycles. The first-order valence-electron chi connectivity index (χ1n) is 11.0. The number of anilines is 1. The van der Waals surface area contributed by atoms with Crippen molar-refractivity contribution in [3.8, 4) is 11.3 Å². The van der Waals surface area contributed by atoms with Crippen LogP contribution in [0, 0.1) is 0 Å². The molecule has 2 amide bonds. The summed E-state index contributed by atoms with van der Waals surface area (Å²) < 4.78 is 0. The minimum Gasteiger partial charge on any atom is -0.353 e. The van der Waals surface area contributed by atoms with Gasteiger partial charge in [0.1, 0.15) is 0 Å². The van der Waals surface area contributed by atoms with Crippen molar-refractivity contribution in [2.24, 2.45) is 0 Å². The van der Waals surface area contributed by atoms with Crippen LogP contribution in [0.4, 0.5) is 5.13 Å². The number of hydrogen-bond acceptors (Lipinski definition) is 6. The van der Waals surface area contributed by atoms with E-state index >= 15 is 0 Å². The van der Waals surface area contributed by atoms with E-state index in [-0.39, 0.29) is 17.9 Å². The Kier molecular flexibility index (Phi) is 8.57. The first-order valence-corrected chi connectivity index (χ1v) is 11.9. The van der Waals surface area contributed by atoms with Crippen LogP contribution in [0.5, 0.6) is 0 Å². The van der Waals surface area contributed by atoms with Gasteiger partial charge in [0, 0.05) is 43.2 Å². The minimum atomic E-state index is -0.0507. The molecular formula is C23H33N5O2S. The Bertz CT molecular complexity index is 857. The third-order valence-electron chi connectivity index (χ3n) is 5.19. The van der Waals surface area contributed by atoms with Crippen LogP contribution in [0.2, 0.25) is 0 Å². The third-order valence-corrected chi connectivity index (χ3v) is 5.95. The smallest absolute Gasteiger partial charge is 0.240 e. The SMILES string of the molecule is CCCc1ccc(-c2csc(NC(=O)CN3CCN(CC(=O)NC(C)C)CC3)n2)cc1. The van der Waals surface area contributed by atoms with Gasteiger partial charge < -0.3 is 10.6 Å². The number of benzene rings is 1. The summed E-state index contributed by atoms with van der Waals surface area (Å²) in [6.45, 7) is 9.97. The summed E-state index contributed by atoms with van der Waals surface area (Å²) in [6.07, 6.45) is 2.22. The van der Waals surface area contributed by atoms with E-state index in [0.29, 0.717) is 18.2 Å². The van der Waals surface area contributed by atoms with Crippen molar-refractivity contribution in [3.05, 3.63) is 35.2 Å². The van der Waals surface area contributed by atoms with Gasteiger partial charge in [-0.05, 0) is 25.8 Å². The Morgan fingerprint density at radius 2 is 1.65 bits per heavy atom. The Hall–Kier alpha value is -2.29. The lowest BCUT2D eigenvalue weighted by Crippen LogP contribution is -2.51. The molecule has 2 heterocycles. The van der Waals surface area contributed by atoms with Crippen LogP contribution in [0.3, 0.4) is 0 Å². The summed E-state index contributed by atoms with van der Waals surface area (Å²) >= 11 is 1.45. The second-order valence-electron chi connectivity index (χ2n) is 8.31. The molecule has 0 aliphatic carbocycles. The number of aryl methyl sites for hydroxylation is 1. The van der Waals surface area contributed by atoms with E-state index < -0.39 is 0 Å². The molecule has 31 heavy (non-hydrogen) atoms. The molecule has 2 aromatic rings. The summed E-state index contributed by atoms with van der Waals surface area (Å²) in [6, 6.07) is 8.62. The van der Waals surface area contributed by atoms with Gasteiger partial charge in [-0.25, -0.2) is 4.98 Å². The Labute approximate surface area is 188 Å². The molecule has 0 radical (unpaired) electrons. The quantitative estimate of drug-likeness (QED) is 0.623. The number of carbonyl (C=O) groups excluding carboxylic acids is 2. The van der Waals surface area contributed by atoms with Crippen LogP contribution in [-0.4, -0.2) is 71.9 Å². The van der Waals surface area contributed by atoms with Crippen molar-refractivity contribution >= 4 is 28.3 Å². The number of aromatic nitrogens is 1. The van der Waals surface area contributed by atoms with Gasteiger partial charge in [-0.2, -0.15) is 0 Å². The van der Waals surface area contributed by atoms with E-state index in [1.165, 1.54) is 16.9 Å². The van der Waals surface area contributed by atoms with E-state index in [4.69, 9.17) is 0 Å². The van der Waals surface area contributed by atoms with Crippen molar-refractivity contribution in [2.45, 2.75) is 39.7 Å². The predicted octanol–water partition coefficient (Wildman–Crippen LogP) is 2.84. The molecule has 0 unspecified atom stereocenters. The fourth-order valence-corrected chi connectivity index (χ4v) is 4.37. The average Bonchev–Trinajstić information content (AvgIpc) is 3.18. The topological polar surface area (TPSA) is 77.6 Å². The second kappa shape index (κ2) is 11.4. The van der Waals surface area contributed by atoms with Crippen molar-refractivity contribution in [1.82, 2.24) is 20.1 Å². The number of nitrogens with one attached hydrogen (secondary N) is 2. The molecule has 0 spiro atoms. The Balaban J connectivity index is 1.43. The summed E-state index contributed by atoms with van der Waals surface area (Å²) in [5, 5.41) is 8.45. The van der Waals surface area contributed by atoms with Crippen molar-refractivity contribution in [2.75, 3.05) is 44.6 Å². The van der Waals surface area contributed by atoms with Gasteiger partial charge >= 0.3 is 0 Å². The maximum atomic E-state index is 12.5. The zero-order valence-electron chi connectivity index (χ0n) is 18.7. The second-order valence-corrected chi connectivity index (χ2v) is 9.17. The van der Waals surface area contributed by atoms with Gasteiger partial charge in [0.05, 0.1) is 18.8 Å². The Morgan fingerprint density at radius 3 is 2.23 bits per heavy atom. The molecule has 1 fully saturated rings. The molecule has 1 aliphatic rings. The molecular weight excluding hydrogens is 410 g/mol. The third kappa shape index (κ3) is 7.41. The van der Waals surface area contributed by atoms with Gasteiger partial charge in [0.2, 0.25) is 11.8 Å². The number of carbonyl (C=O) groups is 2. The number of hydrogen-bond donors (Lipinski definition) is 2. The maximum absolute atomic E-state index is 12.5. The highest BCUT2D eigenvalue weighted by atomic mass is 32.1.